The van der Waals surface area contributed by atoms with Crippen LogP contribution in [0.1, 0.15) is 27.4 Å². The van der Waals surface area contributed by atoms with Crippen LogP contribution in [0.5, 0.6) is 0 Å². The van der Waals surface area contributed by atoms with E-state index >= 15 is 0 Å². The summed E-state index contributed by atoms with van der Waals surface area (Å²) in [6, 6.07) is 2.48. The lowest BCUT2D eigenvalue weighted by Gasteiger charge is -2.26. The van der Waals surface area contributed by atoms with Gasteiger partial charge in [-0.2, -0.15) is 5.10 Å². The Bertz CT molecular complexity index is 1290. The van der Waals surface area contributed by atoms with E-state index in [1.54, 1.807) is 11.9 Å². The van der Waals surface area contributed by atoms with Crippen molar-refractivity contribution in [3.05, 3.63) is 83.4 Å². The molecule has 3 aromatic rings. The molecule has 0 N–H and O–H groups in total. The number of alkyl halides is 1. The Morgan fingerprint density at radius 3 is 2.84 bits per heavy atom. The summed E-state index contributed by atoms with van der Waals surface area (Å²) in [5.74, 6) is -3.55. The Morgan fingerprint density at radius 1 is 1.34 bits per heavy atom. The van der Waals surface area contributed by atoms with Crippen LogP contribution in [-0.2, 0) is 20.0 Å². The summed E-state index contributed by atoms with van der Waals surface area (Å²) in [5, 5.41) is 4.44. The van der Waals surface area contributed by atoms with Crippen LogP contribution in [-0.4, -0.2) is 43.2 Å². The van der Waals surface area contributed by atoms with Gasteiger partial charge < -0.3 is 4.90 Å². The fourth-order valence-corrected chi connectivity index (χ4v) is 3.83. The van der Waals surface area contributed by atoms with Crippen molar-refractivity contribution in [2.75, 3.05) is 13.2 Å². The molecule has 0 saturated heterocycles. The van der Waals surface area contributed by atoms with E-state index in [1.807, 2.05) is 0 Å². The predicted octanol–water partition coefficient (Wildman–Crippen LogP) is 4.09. The zero-order valence-corrected chi connectivity index (χ0v) is 17.2. The highest BCUT2D eigenvalue weighted by atomic mass is 19.2. The highest BCUT2D eigenvalue weighted by Crippen LogP contribution is 2.30. The molecular weight excluding hydrogens is 426 g/mol. The molecule has 1 aliphatic rings. The van der Waals surface area contributed by atoms with E-state index in [0.29, 0.717) is 35.7 Å². The van der Waals surface area contributed by atoms with E-state index in [1.165, 1.54) is 39.7 Å². The number of aromatic nitrogens is 4. The van der Waals surface area contributed by atoms with Crippen LogP contribution in [0.25, 0.3) is 11.2 Å². The quantitative estimate of drug-likeness (QED) is 0.439. The zero-order chi connectivity index (χ0) is 23.0. The van der Waals surface area contributed by atoms with E-state index in [9.17, 15) is 22.4 Å². The molecule has 0 aromatic carbocycles. The van der Waals surface area contributed by atoms with Crippen molar-refractivity contribution < 1.29 is 22.4 Å². The van der Waals surface area contributed by atoms with Crippen molar-refractivity contribution in [2.24, 2.45) is 7.05 Å². The molecular formula is C22H19F4N5O. The van der Waals surface area contributed by atoms with Crippen LogP contribution in [0.15, 0.2) is 54.9 Å². The van der Waals surface area contributed by atoms with Gasteiger partial charge >= 0.3 is 0 Å². The van der Waals surface area contributed by atoms with Crippen LogP contribution in [0.3, 0.4) is 0 Å². The van der Waals surface area contributed by atoms with Crippen molar-refractivity contribution in [1.29, 1.82) is 0 Å². The molecule has 0 fully saturated rings. The molecule has 166 valence electrons. The summed E-state index contributed by atoms with van der Waals surface area (Å²) in [4.78, 5) is 18.8. The maximum absolute atomic E-state index is 13.9. The molecule has 0 bridgehead atoms. The smallest absolute Gasteiger partial charge is 0.272 e. The standard InChI is InChI=1S/C22H19F4N5O/c1-3-13(8-16(25)17(26)10-23)21-15-5-6-30(12-18(15)28-29(21)2)22(32)19-11-27-20-9-14(24)4-7-31(19)20/h3-4,7-9,11H,1,5-6,10,12H2,2H3/b13-8+,17-16-. The number of hydrogen-bond donors (Lipinski definition) is 0. The molecule has 10 heteroatoms. The molecule has 1 amide bonds. The van der Waals surface area contributed by atoms with Gasteiger partial charge in [0.15, 0.2) is 11.7 Å². The van der Waals surface area contributed by atoms with Gasteiger partial charge in [-0.1, -0.05) is 12.7 Å². The van der Waals surface area contributed by atoms with Gasteiger partial charge in [-0.05, 0) is 18.6 Å². The van der Waals surface area contributed by atoms with Crippen LogP contribution < -0.4 is 0 Å². The van der Waals surface area contributed by atoms with Gasteiger partial charge in [0.25, 0.3) is 5.91 Å². The minimum atomic E-state index is -1.54. The van der Waals surface area contributed by atoms with Gasteiger partial charge in [0.05, 0.1) is 24.1 Å². The van der Waals surface area contributed by atoms with Crippen molar-refractivity contribution in [3.63, 3.8) is 0 Å². The minimum absolute atomic E-state index is 0.192. The van der Waals surface area contributed by atoms with E-state index in [4.69, 9.17) is 0 Å². The number of halogens is 4. The lowest BCUT2D eigenvalue weighted by Crippen LogP contribution is -2.36. The number of rotatable bonds is 5. The number of nitrogens with zero attached hydrogens (tertiary/aromatic N) is 5. The maximum atomic E-state index is 13.9. The second-order valence-corrected chi connectivity index (χ2v) is 7.28. The first kappa shape index (κ1) is 21.5. The fraction of sp³-hybridized carbons (Fsp3) is 0.227. The summed E-state index contributed by atoms with van der Waals surface area (Å²) >= 11 is 0. The Balaban J connectivity index is 1.65. The largest absolute Gasteiger partial charge is 0.331 e. The average molecular weight is 445 g/mol. The number of allylic oxidation sites excluding steroid dienone is 5. The van der Waals surface area contributed by atoms with Gasteiger partial charge in [0, 0.05) is 37.0 Å². The molecule has 4 rings (SSSR count). The third-order valence-electron chi connectivity index (χ3n) is 5.33. The first-order valence-electron chi connectivity index (χ1n) is 9.75. The van der Waals surface area contributed by atoms with Gasteiger partial charge in [0.1, 0.15) is 23.8 Å². The molecule has 0 saturated carbocycles. The molecule has 0 unspecified atom stereocenters. The number of carbonyl (C=O) groups is 1. The van der Waals surface area contributed by atoms with Crippen LogP contribution in [0.2, 0.25) is 0 Å². The minimum Gasteiger partial charge on any atom is -0.331 e. The molecule has 0 spiro atoms. The summed E-state index contributed by atoms with van der Waals surface area (Å²) in [6.07, 6.45) is 5.48. The van der Waals surface area contributed by atoms with E-state index in [2.05, 4.69) is 16.7 Å². The van der Waals surface area contributed by atoms with Crippen molar-refractivity contribution >= 4 is 17.1 Å². The summed E-state index contributed by atoms with van der Waals surface area (Å²) in [7, 11) is 1.64. The third-order valence-corrected chi connectivity index (χ3v) is 5.33. The van der Waals surface area contributed by atoms with Crippen LogP contribution >= 0.6 is 0 Å². The molecule has 4 heterocycles. The van der Waals surface area contributed by atoms with E-state index < -0.39 is 24.1 Å². The van der Waals surface area contributed by atoms with Crippen LogP contribution in [0, 0.1) is 5.82 Å². The predicted molar refractivity (Wildman–Crippen MR) is 110 cm³/mol. The molecule has 32 heavy (non-hydrogen) atoms. The second kappa shape index (κ2) is 8.45. The highest BCUT2D eigenvalue weighted by Gasteiger charge is 2.29. The fourth-order valence-electron chi connectivity index (χ4n) is 3.83. The Kier molecular flexibility index (Phi) is 5.68. The molecule has 0 radical (unpaired) electrons. The molecule has 1 aliphatic heterocycles. The number of pyridine rings is 1. The normalized spacial score (nSPS) is 15.0. The third kappa shape index (κ3) is 3.72. The number of fused-ring (bicyclic) bond motifs is 2. The molecule has 0 aliphatic carbocycles. The number of amides is 1. The number of aryl methyl sites for hydroxylation is 1. The Morgan fingerprint density at radius 2 is 2.12 bits per heavy atom. The first-order valence-corrected chi connectivity index (χ1v) is 9.75. The van der Waals surface area contributed by atoms with Gasteiger partial charge in [-0.25, -0.2) is 22.5 Å². The maximum Gasteiger partial charge on any atom is 0.272 e. The second-order valence-electron chi connectivity index (χ2n) is 7.28. The zero-order valence-electron chi connectivity index (χ0n) is 17.2. The number of carbonyl (C=O) groups excluding carboxylic acids is 1. The van der Waals surface area contributed by atoms with Crippen molar-refractivity contribution in [1.82, 2.24) is 24.1 Å². The number of imidazole rings is 1. The number of hydrogen-bond acceptors (Lipinski definition) is 3. The SMILES string of the molecule is C=C/C(=C\C(F)=C(\F)CF)c1c2c(nn1C)CN(C(=O)c1cnc3cc(F)ccn13)CC2. The van der Waals surface area contributed by atoms with E-state index in [-0.39, 0.29) is 18.0 Å². The van der Waals surface area contributed by atoms with Crippen molar-refractivity contribution in [2.45, 2.75) is 13.0 Å². The summed E-state index contributed by atoms with van der Waals surface area (Å²) in [6.45, 7) is 2.64. The average Bonchev–Trinajstić information content (AvgIpc) is 3.35. The van der Waals surface area contributed by atoms with Gasteiger partial charge in [-0.15, -0.1) is 0 Å². The topological polar surface area (TPSA) is 55.4 Å². The monoisotopic (exact) mass is 445 g/mol. The van der Waals surface area contributed by atoms with Crippen LogP contribution in [0.4, 0.5) is 17.6 Å². The summed E-state index contributed by atoms with van der Waals surface area (Å²) in [5.41, 5.74) is 2.77. The molecule has 0 atom stereocenters. The Labute approximate surface area is 180 Å². The molecule has 6 nitrogen and oxygen atoms in total. The van der Waals surface area contributed by atoms with Crippen molar-refractivity contribution in [3.8, 4) is 0 Å². The lowest BCUT2D eigenvalue weighted by atomic mass is 9.99. The van der Waals surface area contributed by atoms with Gasteiger partial charge in [0.2, 0.25) is 0 Å². The van der Waals surface area contributed by atoms with E-state index in [0.717, 1.165) is 11.6 Å². The summed E-state index contributed by atoms with van der Waals surface area (Å²) < 4.78 is 56.0. The first-order chi connectivity index (χ1) is 15.3. The van der Waals surface area contributed by atoms with Gasteiger partial charge in [-0.3, -0.25) is 13.9 Å². The highest BCUT2D eigenvalue weighted by molar-refractivity contribution is 5.93. The molecule has 3 aromatic heterocycles. The Hall–Kier alpha value is -3.69. The lowest BCUT2D eigenvalue weighted by molar-refractivity contribution is 0.0725.